The van der Waals surface area contributed by atoms with Gasteiger partial charge >= 0.3 is 0 Å². The van der Waals surface area contributed by atoms with Gasteiger partial charge in [-0.1, -0.05) is 32.9 Å². The molecular weight excluding hydrogens is 368 g/mol. The number of nitrogens with zero attached hydrogens (tertiary/aromatic N) is 6. The van der Waals surface area contributed by atoms with Crippen molar-refractivity contribution in [1.82, 2.24) is 29.6 Å². The average molecular weight is 394 g/mol. The highest BCUT2D eigenvalue weighted by Gasteiger charge is 2.24. The van der Waals surface area contributed by atoms with Crippen LogP contribution < -0.4 is 0 Å². The second-order valence-corrected chi connectivity index (χ2v) is 8.74. The topological polar surface area (TPSA) is 89.9 Å². The van der Waals surface area contributed by atoms with E-state index >= 15 is 0 Å². The Morgan fingerprint density at radius 2 is 2.10 bits per heavy atom. The minimum absolute atomic E-state index is 0.0295. The molecule has 0 spiro atoms. The van der Waals surface area contributed by atoms with Gasteiger partial charge < -0.3 is 9.42 Å². The van der Waals surface area contributed by atoms with Gasteiger partial charge in [-0.25, -0.2) is 9.97 Å². The number of rotatable bonds is 3. The summed E-state index contributed by atoms with van der Waals surface area (Å²) in [5.41, 5.74) is 1.01. The van der Waals surface area contributed by atoms with Gasteiger partial charge in [-0.05, 0) is 30.9 Å². The van der Waals surface area contributed by atoms with E-state index in [0.717, 1.165) is 25.1 Å². The van der Waals surface area contributed by atoms with E-state index in [2.05, 4.69) is 27.0 Å². The molecule has 0 bridgehead atoms. The van der Waals surface area contributed by atoms with Gasteiger partial charge in [0, 0.05) is 36.5 Å². The van der Waals surface area contributed by atoms with Gasteiger partial charge in [-0.3, -0.25) is 9.36 Å². The standard InChI is InChI=1S/C21H26N6O2/c1-14-6-5-9-26(11-14)19(28)16-12-27(13-23-16)17-10-15(7-8-22-17)18-24-20(25-29-18)21(2,3)4/h7-8,10,12-14H,5-6,9,11H2,1-4H3/t14-/m1/s1. The highest BCUT2D eigenvalue weighted by atomic mass is 16.5. The van der Waals surface area contributed by atoms with Crippen LogP contribution in [-0.4, -0.2) is 48.6 Å². The molecule has 1 aliphatic heterocycles. The normalized spacial score (nSPS) is 17.5. The van der Waals surface area contributed by atoms with Crippen molar-refractivity contribution in [2.24, 2.45) is 5.92 Å². The fraction of sp³-hybridized carbons (Fsp3) is 0.476. The lowest BCUT2D eigenvalue weighted by Crippen LogP contribution is -2.39. The van der Waals surface area contributed by atoms with E-state index in [1.54, 1.807) is 23.3 Å². The lowest BCUT2D eigenvalue weighted by atomic mass is 9.96. The Hall–Kier alpha value is -3.03. The third-order valence-corrected chi connectivity index (χ3v) is 5.10. The van der Waals surface area contributed by atoms with Crippen molar-refractivity contribution in [2.75, 3.05) is 13.1 Å². The summed E-state index contributed by atoms with van der Waals surface area (Å²) in [7, 11) is 0. The van der Waals surface area contributed by atoms with Crippen LogP contribution in [-0.2, 0) is 5.41 Å². The van der Waals surface area contributed by atoms with Crippen LogP contribution in [0.4, 0.5) is 0 Å². The maximum Gasteiger partial charge on any atom is 0.274 e. The lowest BCUT2D eigenvalue weighted by Gasteiger charge is -2.30. The van der Waals surface area contributed by atoms with Crippen molar-refractivity contribution >= 4 is 5.91 Å². The van der Waals surface area contributed by atoms with Crippen molar-refractivity contribution in [2.45, 2.75) is 46.0 Å². The molecule has 0 N–H and O–H groups in total. The monoisotopic (exact) mass is 394 g/mol. The van der Waals surface area contributed by atoms with E-state index in [1.165, 1.54) is 6.42 Å². The minimum atomic E-state index is -0.191. The van der Waals surface area contributed by atoms with Crippen LogP contribution in [0.25, 0.3) is 17.3 Å². The number of pyridine rings is 1. The van der Waals surface area contributed by atoms with Gasteiger partial charge in [0.1, 0.15) is 17.8 Å². The molecule has 1 aliphatic rings. The van der Waals surface area contributed by atoms with E-state index in [0.29, 0.717) is 29.1 Å². The third-order valence-electron chi connectivity index (χ3n) is 5.10. The first-order chi connectivity index (χ1) is 13.8. The lowest BCUT2D eigenvalue weighted by molar-refractivity contribution is 0.0677. The molecule has 29 heavy (non-hydrogen) atoms. The summed E-state index contributed by atoms with van der Waals surface area (Å²) < 4.78 is 7.17. The van der Waals surface area contributed by atoms with Crippen LogP contribution in [0.2, 0.25) is 0 Å². The first-order valence-electron chi connectivity index (χ1n) is 9.95. The second kappa shape index (κ2) is 7.42. The molecule has 3 aromatic heterocycles. The average Bonchev–Trinajstić information content (AvgIpc) is 3.37. The molecule has 0 aliphatic carbocycles. The van der Waals surface area contributed by atoms with Crippen molar-refractivity contribution in [3.63, 3.8) is 0 Å². The summed E-state index contributed by atoms with van der Waals surface area (Å²) in [5, 5.41) is 4.08. The first kappa shape index (κ1) is 19.3. The number of imidazole rings is 1. The number of amides is 1. The van der Waals surface area contributed by atoms with Crippen molar-refractivity contribution in [3.8, 4) is 17.3 Å². The highest BCUT2D eigenvalue weighted by Crippen LogP contribution is 2.24. The summed E-state index contributed by atoms with van der Waals surface area (Å²) in [5.74, 6) is 2.23. The van der Waals surface area contributed by atoms with Crippen molar-refractivity contribution in [1.29, 1.82) is 0 Å². The number of hydrogen-bond donors (Lipinski definition) is 0. The SMILES string of the molecule is C[C@@H]1CCCN(C(=O)c2cn(-c3cc(-c4nc(C(C)(C)C)no4)ccn3)cn2)C1. The zero-order valence-corrected chi connectivity index (χ0v) is 17.3. The van der Waals surface area contributed by atoms with Crippen LogP contribution in [0, 0.1) is 5.92 Å². The Balaban J connectivity index is 1.56. The number of carbonyl (C=O) groups is 1. The molecule has 0 saturated carbocycles. The van der Waals surface area contributed by atoms with E-state index in [9.17, 15) is 4.79 Å². The molecule has 0 unspecified atom stereocenters. The quantitative estimate of drug-likeness (QED) is 0.675. The summed E-state index contributed by atoms with van der Waals surface area (Å²) >= 11 is 0. The molecular formula is C21H26N6O2. The highest BCUT2D eigenvalue weighted by molar-refractivity contribution is 5.92. The van der Waals surface area contributed by atoms with Gasteiger partial charge in [-0.2, -0.15) is 4.98 Å². The van der Waals surface area contributed by atoms with Crippen LogP contribution in [0.3, 0.4) is 0 Å². The van der Waals surface area contributed by atoms with Crippen molar-refractivity contribution in [3.05, 3.63) is 42.4 Å². The minimum Gasteiger partial charge on any atom is -0.337 e. The molecule has 1 atom stereocenters. The van der Waals surface area contributed by atoms with Gasteiger partial charge in [0.2, 0.25) is 0 Å². The van der Waals surface area contributed by atoms with Crippen LogP contribution in [0.15, 0.2) is 35.4 Å². The van der Waals surface area contributed by atoms with Gasteiger partial charge in [0.15, 0.2) is 5.82 Å². The van der Waals surface area contributed by atoms with Gasteiger partial charge in [0.05, 0.1) is 0 Å². The molecule has 8 nitrogen and oxygen atoms in total. The third kappa shape index (κ3) is 4.06. The number of aromatic nitrogens is 5. The second-order valence-electron chi connectivity index (χ2n) is 8.74. The number of hydrogen-bond acceptors (Lipinski definition) is 6. The van der Waals surface area contributed by atoms with E-state index in [4.69, 9.17) is 4.52 Å². The predicted octanol–water partition coefficient (Wildman–Crippen LogP) is 3.49. The van der Waals surface area contributed by atoms with Gasteiger partial charge in [0.25, 0.3) is 11.8 Å². The Morgan fingerprint density at radius 3 is 2.83 bits per heavy atom. The van der Waals surface area contributed by atoms with Crippen LogP contribution >= 0.6 is 0 Å². The Morgan fingerprint density at radius 1 is 1.28 bits per heavy atom. The zero-order valence-electron chi connectivity index (χ0n) is 17.3. The molecule has 1 amide bonds. The van der Waals surface area contributed by atoms with Crippen molar-refractivity contribution < 1.29 is 9.32 Å². The Bertz CT molecular complexity index is 1020. The van der Waals surface area contributed by atoms with Gasteiger partial charge in [-0.15, -0.1) is 0 Å². The fourth-order valence-corrected chi connectivity index (χ4v) is 3.43. The summed E-state index contributed by atoms with van der Waals surface area (Å²) in [4.78, 5) is 27.9. The fourth-order valence-electron chi connectivity index (χ4n) is 3.43. The van der Waals surface area contributed by atoms with Crippen LogP contribution in [0.1, 0.15) is 56.8 Å². The summed E-state index contributed by atoms with van der Waals surface area (Å²) in [6.07, 6.45) is 7.22. The maximum atomic E-state index is 12.8. The van der Waals surface area contributed by atoms with E-state index < -0.39 is 0 Å². The summed E-state index contributed by atoms with van der Waals surface area (Å²) in [6.45, 7) is 9.85. The van der Waals surface area contributed by atoms with E-state index in [1.807, 2.05) is 37.8 Å². The molecule has 1 saturated heterocycles. The largest absolute Gasteiger partial charge is 0.337 e. The molecule has 1 fully saturated rings. The Kier molecular flexibility index (Phi) is 4.94. The van der Waals surface area contributed by atoms with Crippen LogP contribution in [0.5, 0.6) is 0 Å². The molecule has 4 rings (SSSR count). The van der Waals surface area contributed by atoms with E-state index in [-0.39, 0.29) is 11.3 Å². The molecule has 152 valence electrons. The number of carbonyl (C=O) groups excluding carboxylic acids is 1. The maximum absolute atomic E-state index is 12.8. The number of likely N-dealkylation sites (tertiary alicyclic amines) is 1. The molecule has 4 heterocycles. The Labute approximate surface area is 170 Å². The number of piperidine rings is 1. The first-order valence-corrected chi connectivity index (χ1v) is 9.95. The molecule has 3 aromatic rings. The summed E-state index contributed by atoms with van der Waals surface area (Å²) in [6, 6.07) is 3.67. The predicted molar refractivity (Wildman–Crippen MR) is 108 cm³/mol. The molecule has 0 radical (unpaired) electrons. The molecule has 0 aromatic carbocycles. The smallest absolute Gasteiger partial charge is 0.274 e. The molecule has 8 heteroatoms. The zero-order chi connectivity index (χ0) is 20.6.